The molecule has 0 saturated heterocycles. The van der Waals surface area contributed by atoms with Gasteiger partial charge in [0.1, 0.15) is 0 Å². The van der Waals surface area contributed by atoms with E-state index < -0.39 is 33.7 Å². The van der Waals surface area contributed by atoms with Gasteiger partial charge in [-0.05, 0) is 19.3 Å². The van der Waals surface area contributed by atoms with Crippen LogP contribution < -0.4 is 0 Å². The molecule has 0 bridgehead atoms. The van der Waals surface area contributed by atoms with E-state index in [1.807, 2.05) is 0 Å². The zero-order valence-corrected chi connectivity index (χ0v) is 18.6. The maximum atomic E-state index is 11.5. The van der Waals surface area contributed by atoms with Crippen molar-refractivity contribution in [1.82, 2.24) is 0 Å². The Bertz CT molecular complexity index is 584. The molecule has 0 spiro atoms. The van der Waals surface area contributed by atoms with E-state index in [2.05, 4.69) is 13.5 Å². The molecule has 0 rings (SSSR count). The molecule has 0 aromatic rings. The molecule has 0 amide bonds. The van der Waals surface area contributed by atoms with Gasteiger partial charge in [-0.3, -0.25) is 9.35 Å². The molecule has 0 aliphatic carbocycles. The van der Waals surface area contributed by atoms with E-state index in [0.29, 0.717) is 6.42 Å². The van der Waals surface area contributed by atoms with Crippen molar-refractivity contribution in [3.63, 3.8) is 0 Å². The van der Waals surface area contributed by atoms with Crippen LogP contribution in [0.25, 0.3) is 0 Å². The highest BCUT2D eigenvalue weighted by Gasteiger charge is 2.22. The Morgan fingerprint density at radius 1 is 0.897 bits per heavy atom. The smallest absolute Gasteiger partial charge is 0.333 e. The number of carbonyl (C=O) groups excluding carboxylic acids is 1. The van der Waals surface area contributed by atoms with Crippen LogP contribution in [0.4, 0.5) is 0 Å². The summed E-state index contributed by atoms with van der Waals surface area (Å²) in [4.78, 5) is 22.1. The topological polar surface area (TPSA) is 118 Å². The molecule has 0 aliphatic rings. The lowest BCUT2D eigenvalue weighted by Crippen LogP contribution is -2.21. The fourth-order valence-corrected chi connectivity index (χ4v) is 4.06. The molecule has 0 heterocycles. The summed E-state index contributed by atoms with van der Waals surface area (Å²) in [6, 6.07) is 0. The van der Waals surface area contributed by atoms with E-state index in [-0.39, 0.29) is 25.0 Å². The summed E-state index contributed by atoms with van der Waals surface area (Å²) in [5.74, 6) is -1.97. The van der Waals surface area contributed by atoms with Crippen molar-refractivity contribution in [2.75, 3.05) is 6.61 Å². The number of ether oxygens (including phenoxy) is 1. The molecule has 29 heavy (non-hydrogen) atoms. The number of aliphatic carboxylic acids is 1. The average molecular weight is 435 g/mol. The van der Waals surface area contributed by atoms with E-state index in [1.54, 1.807) is 0 Å². The van der Waals surface area contributed by atoms with Gasteiger partial charge in [0, 0.05) is 5.57 Å². The first-order valence-electron chi connectivity index (χ1n) is 10.7. The lowest BCUT2D eigenvalue weighted by atomic mass is 10.0. The first kappa shape index (κ1) is 27.6. The lowest BCUT2D eigenvalue weighted by molar-refractivity contribution is -0.142. The molecule has 1 unspecified atom stereocenters. The fourth-order valence-electron chi connectivity index (χ4n) is 3.13. The Balaban J connectivity index is 3.95. The number of rotatable bonds is 19. The van der Waals surface area contributed by atoms with Gasteiger partial charge in [-0.15, -0.1) is 0 Å². The standard InChI is InChI=1S/C21H38O7S/c1-3-4-5-6-7-8-9-10-11-12-14-19(29(25,26)27)15-13-16-28-21(24)18(2)17-20(22)23/h19H,2-17H2,1H3,(H,22,23)(H,25,26,27). The zero-order valence-electron chi connectivity index (χ0n) is 17.7. The molecule has 2 N–H and O–H groups in total. The van der Waals surface area contributed by atoms with Crippen LogP contribution in [0.2, 0.25) is 0 Å². The predicted octanol–water partition coefficient (Wildman–Crippen LogP) is 4.91. The first-order valence-corrected chi connectivity index (χ1v) is 12.2. The van der Waals surface area contributed by atoms with Gasteiger partial charge in [0.25, 0.3) is 10.1 Å². The number of carboxylic acids is 1. The van der Waals surface area contributed by atoms with Crippen molar-refractivity contribution in [2.24, 2.45) is 0 Å². The Morgan fingerprint density at radius 3 is 1.86 bits per heavy atom. The highest BCUT2D eigenvalue weighted by Crippen LogP contribution is 2.18. The van der Waals surface area contributed by atoms with Crippen LogP contribution in [0.3, 0.4) is 0 Å². The summed E-state index contributed by atoms with van der Waals surface area (Å²) in [6.45, 7) is 5.51. The predicted molar refractivity (Wildman–Crippen MR) is 113 cm³/mol. The van der Waals surface area contributed by atoms with Crippen LogP contribution in [-0.2, 0) is 24.4 Å². The van der Waals surface area contributed by atoms with Crippen molar-refractivity contribution in [2.45, 2.75) is 102 Å². The lowest BCUT2D eigenvalue weighted by Gasteiger charge is -2.14. The van der Waals surface area contributed by atoms with E-state index in [4.69, 9.17) is 9.84 Å². The van der Waals surface area contributed by atoms with Gasteiger partial charge in [-0.1, -0.05) is 77.7 Å². The second-order valence-corrected chi connectivity index (χ2v) is 9.26. The average Bonchev–Trinajstić information content (AvgIpc) is 2.63. The summed E-state index contributed by atoms with van der Waals surface area (Å²) in [5, 5.41) is 7.73. The van der Waals surface area contributed by atoms with Crippen LogP contribution in [-0.4, -0.2) is 41.9 Å². The molecule has 1 atom stereocenters. The minimum atomic E-state index is -4.14. The Morgan fingerprint density at radius 2 is 1.38 bits per heavy atom. The van der Waals surface area contributed by atoms with Gasteiger partial charge in [-0.2, -0.15) is 8.42 Å². The third-order valence-electron chi connectivity index (χ3n) is 4.86. The summed E-state index contributed by atoms with van der Waals surface area (Å²) < 4.78 is 37.4. The van der Waals surface area contributed by atoms with Crippen molar-refractivity contribution < 1.29 is 32.4 Å². The second kappa shape index (κ2) is 16.4. The van der Waals surface area contributed by atoms with Crippen LogP contribution in [0.1, 0.15) is 96.8 Å². The minimum Gasteiger partial charge on any atom is -0.481 e. The molecule has 0 saturated carbocycles. The van der Waals surface area contributed by atoms with E-state index in [9.17, 15) is 22.6 Å². The monoisotopic (exact) mass is 434 g/mol. The first-order chi connectivity index (χ1) is 13.7. The number of unbranched alkanes of at least 4 members (excludes halogenated alkanes) is 9. The molecule has 7 nitrogen and oxygen atoms in total. The number of hydrogen-bond acceptors (Lipinski definition) is 5. The molecular formula is C21H38O7S. The largest absolute Gasteiger partial charge is 0.481 e. The quantitative estimate of drug-likeness (QED) is 0.128. The van der Waals surface area contributed by atoms with Gasteiger partial charge < -0.3 is 9.84 Å². The number of carboxylic acid groups (broad SMARTS) is 1. The van der Waals surface area contributed by atoms with Crippen molar-refractivity contribution in [1.29, 1.82) is 0 Å². The van der Waals surface area contributed by atoms with E-state index in [1.165, 1.54) is 38.5 Å². The number of carbonyl (C=O) groups is 2. The van der Waals surface area contributed by atoms with Gasteiger partial charge in [0.2, 0.25) is 0 Å². The third kappa shape index (κ3) is 16.1. The van der Waals surface area contributed by atoms with E-state index >= 15 is 0 Å². The third-order valence-corrected chi connectivity index (χ3v) is 6.17. The van der Waals surface area contributed by atoms with Gasteiger partial charge in [0.05, 0.1) is 18.3 Å². The molecule has 8 heteroatoms. The molecule has 0 aromatic heterocycles. The van der Waals surface area contributed by atoms with E-state index in [0.717, 1.165) is 25.7 Å². The highest BCUT2D eigenvalue weighted by molar-refractivity contribution is 7.86. The number of hydrogen-bond donors (Lipinski definition) is 2. The fraction of sp³-hybridized carbons (Fsp3) is 0.810. The number of esters is 1. The molecule has 170 valence electrons. The van der Waals surface area contributed by atoms with Crippen molar-refractivity contribution in [3.05, 3.63) is 12.2 Å². The van der Waals surface area contributed by atoms with Gasteiger partial charge in [-0.25, -0.2) is 4.79 Å². The molecular weight excluding hydrogens is 396 g/mol. The van der Waals surface area contributed by atoms with Gasteiger partial charge >= 0.3 is 11.9 Å². The van der Waals surface area contributed by atoms with Crippen molar-refractivity contribution >= 4 is 22.1 Å². The van der Waals surface area contributed by atoms with Crippen LogP contribution in [0.5, 0.6) is 0 Å². The maximum Gasteiger partial charge on any atom is 0.333 e. The zero-order chi connectivity index (χ0) is 22.1. The molecule has 0 radical (unpaired) electrons. The summed E-state index contributed by atoms with van der Waals surface area (Å²) >= 11 is 0. The molecule has 0 fully saturated rings. The Labute approximate surface area is 175 Å². The Kier molecular flexibility index (Phi) is 15.6. The normalized spacial score (nSPS) is 12.5. The molecule has 0 aromatic carbocycles. The van der Waals surface area contributed by atoms with Crippen LogP contribution >= 0.6 is 0 Å². The summed E-state index contributed by atoms with van der Waals surface area (Å²) in [6.07, 6.45) is 11.8. The van der Waals surface area contributed by atoms with Crippen LogP contribution in [0.15, 0.2) is 12.2 Å². The highest BCUT2D eigenvalue weighted by atomic mass is 32.2. The van der Waals surface area contributed by atoms with Gasteiger partial charge in [0.15, 0.2) is 0 Å². The van der Waals surface area contributed by atoms with Crippen molar-refractivity contribution in [3.8, 4) is 0 Å². The minimum absolute atomic E-state index is 0.0402. The Hall–Kier alpha value is -1.41. The second-order valence-electron chi connectivity index (χ2n) is 7.56. The summed E-state index contributed by atoms with van der Waals surface area (Å²) in [7, 11) is -4.14. The van der Waals surface area contributed by atoms with Crippen LogP contribution in [0, 0.1) is 0 Å². The summed E-state index contributed by atoms with van der Waals surface area (Å²) in [5.41, 5.74) is -0.158. The molecule has 0 aliphatic heterocycles. The SMILES string of the molecule is C=C(CC(=O)O)C(=O)OCCCC(CCCCCCCCCCCC)S(=O)(=O)O. The maximum absolute atomic E-state index is 11.5.